The van der Waals surface area contributed by atoms with Crippen LogP contribution in [0.25, 0.3) is 10.9 Å². The highest BCUT2D eigenvalue weighted by Crippen LogP contribution is 2.31. The number of benzene rings is 2. The molecule has 184 valence electrons. The maximum Gasteiger partial charge on any atom is 0.261 e. The second-order valence-corrected chi connectivity index (χ2v) is 10.8. The lowest BCUT2D eigenvalue weighted by atomic mass is 9.90. The fraction of sp³-hybridized carbons (Fsp3) is 0.423. The summed E-state index contributed by atoms with van der Waals surface area (Å²) in [5.41, 5.74) is 5.17. The zero-order valence-corrected chi connectivity index (χ0v) is 21.5. The van der Waals surface area contributed by atoms with E-state index in [2.05, 4.69) is 30.2 Å². The lowest BCUT2D eigenvalue weighted by Gasteiger charge is -2.28. The molecule has 0 saturated heterocycles. The highest BCUT2D eigenvalue weighted by Gasteiger charge is 2.24. The third-order valence-electron chi connectivity index (χ3n) is 6.14. The molecule has 0 bridgehead atoms. The van der Waals surface area contributed by atoms with Gasteiger partial charge in [-0.2, -0.15) is 8.42 Å². The Morgan fingerprint density at radius 1 is 1.21 bits per heavy atom. The highest BCUT2D eigenvalue weighted by atomic mass is 35.5. The van der Waals surface area contributed by atoms with Crippen LogP contribution in [0.4, 0.5) is 0 Å². The minimum absolute atomic E-state index is 0.0174. The SMILES string of the molecule is CCCC(CC)NC1CCc2[nH]c3ccc(C(=O)c4cccc(Cl)c4)cc3c2C1.CS(=O)(=O)O. The zero-order chi connectivity index (χ0) is 24.9. The molecular weight excluding hydrogens is 472 g/mol. The summed E-state index contributed by atoms with van der Waals surface area (Å²) in [5, 5.41) is 5.64. The second kappa shape index (κ2) is 11.5. The molecule has 1 aliphatic rings. The maximum absolute atomic E-state index is 13.0. The Morgan fingerprint density at radius 3 is 2.56 bits per heavy atom. The summed E-state index contributed by atoms with van der Waals surface area (Å²) < 4.78 is 25.9. The van der Waals surface area contributed by atoms with Crippen LogP contribution in [-0.4, -0.2) is 42.1 Å². The van der Waals surface area contributed by atoms with Crippen molar-refractivity contribution in [2.75, 3.05) is 6.26 Å². The molecule has 1 aromatic heterocycles. The topological polar surface area (TPSA) is 99.3 Å². The van der Waals surface area contributed by atoms with Crippen LogP contribution in [0.3, 0.4) is 0 Å². The molecule has 0 amide bonds. The van der Waals surface area contributed by atoms with Gasteiger partial charge in [0.15, 0.2) is 5.78 Å². The molecule has 0 saturated carbocycles. The second-order valence-electron chi connectivity index (χ2n) is 8.92. The molecule has 0 fully saturated rings. The summed E-state index contributed by atoms with van der Waals surface area (Å²) in [6.45, 7) is 4.52. The quantitative estimate of drug-likeness (QED) is 0.288. The standard InChI is InChI=1S/C25H29ClN2O.CH4O3S/c1-3-6-19(4-2)27-20-10-12-24-22(15-20)21-14-17(9-11-23(21)28-24)25(29)16-7-5-8-18(26)13-16;1-5(2,3)4/h5,7-9,11,13-14,19-20,27-28H,3-4,6,10,12,15H2,1-2H3;1H3,(H,2,3,4). The van der Waals surface area contributed by atoms with Gasteiger partial charge < -0.3 is 10.3 Å². The molecule has 8 heteroatoms. The molecule has 1 heterocycles. The van der Waals surface area contributed by atoms with E-state index < -0.39 is 10.1 Å². The minimum Gasteiger partial charge on any atom is -0.358 e. The van der Waals surface area contributed by atoms with Crippen LogP contribution < -0.4 is 5.32 Å². The van der Waals surface area contributed by atoms with Crippen molar-refractivity contribution in [1.82, 2.24) is 10.3 Å². The molecule has 0 spiro atoms. The van der Waals surface area contributed by atoms with Gasteiger partial charge in [-0.1, -0.05) is 44.0 Å². The summed E-state index contributed by atoms with van der Waals surface area (Å²) >= 11 is 6.08. The van der Waals surface area contributed by atoms with E-state index in [9.17, 15) is 13.2 Å². The summed E-state index contributed by atoms with van der Waals surface area (Å²) in [7, 11) is -3.67. The number of aromatic amines is 1. The lowest BCUT2D eigenvalue weighted by molar-refractivity contribution is 0.103. The molecular formula is C26H33ClN2O4S. The molecule has 2 atom stereocenters. The number of hydrogen-bond acceptors (Lipinski definition) is 4. The van der Waals surface area contributed by atoms with Crippen LogP contribution in [0.2, 0.25) is 5.02 Å². The molecule has 0 aliphatic heterocycles. The van der Waals surface area contributed by atoms with Gasteiger partial charge in [0.2, 0.25) is 0 Å². The first-order chi connectivity index (χ1) is 16.1. The van der Waals surface area contributed by atoms with Crippen LogP contribution in [0, 0.1) is 0 Å². The largest absolute Gasteiger partial charge is 0.358 e. The van der Waals surface area contributed by atoms with E-state index in [1.54, 1.807) is 12.1 Å². The molecule has 34 heavy (non-hydrogen) atoms. The Bertz CT molecular complexity index is 1240. The van der Waals surface area contributed by atoms with Crippen molar-refractivity contribution < 1.29 is 17.8 Å². The average Bonchev–Trinajstić information content (AvgIpc) is 3.14. The van der Waals surface area contributed by atoms with Gasteiger partial charge in [-0.15, -0.1) is 0 Å². The Balaban J connectivity index is 0.000000588. The number of carbonyl (C=O) groups is 1. The first kappa shape index (κ1) is 26.4. The Hall–Kier alpha value is -2.19. The smallest absolute Gasteiger partial charge is 0.261 e. The van der Waals surface area contributed by atoms with Gasteiger partial charge in [0.05, 0.1) is 6.26 Å². The predicted molar refractivity (Wildman–Crippen MR) is 139 cm³/mol. The van der Waals surface area contributed by atoms with Gasteiger partial charge >= 0.3 is 0 Å². The third kappa shape index (κ3) is 7.15. The van der Waals surface area contributed by atoms with Gasteiger partial charge in [-0.25, -0.2) is 0 Å². The average molecular weight is 505 g/mol. The van der Waals surface area contributed by atoms with Crippen LogP contribution in [0.15, 0.2) is 42.5 Å². The monoisotopic (exact) mass is 504 g/mol. The molecule has 6 nitrogen and oxygen atoms in total. The van der Waals surface area contributed by atoms with E-state index in [0.29, 0.717) is 34.5 Å². The van der Waals surface area contributed by atoms with Gasteiger partial charge in [-0.3, -0.25) is 9.35 Å². The Kier molecular flexibility index (Phi) is 8.93. The van der Waals surface area contributed by atoms with Gasteiger partial charge in [-0.05, 0) is 68.0 Å². The van der Waals surface area contributed by atoms with Crippen LogP contribution in [0.1, 0.15) is 66.7 Å². The van der Waals surface area contributed by atoms with E-state index in [1.807, 2.05) is 24.3 Å². The van der Waals surface area contributed by atoms with Crippen molar-refractivity contribution in [3.05, 3.63) is 69.9 Å². The number of H-pyrrole nitrogens is 1. The number of aromatic nitrogens is 1. The number of fused-ring (bicyclic) bond motifs is 3. The number of carbonyl (C=O) groups excluding carboxylic acids is 1. The molecule has 2 unspecified atom stereocenters. The van der Waals surface area contributed by atoms with E-state index in [1.165, 1.54) is 35.9 Å². The molecule has 1 aliphatic carbocycles. The first-order valence-electron chi connectivity index (χ1n) is 11.7. The lowest BCUT2D eigenvalue weighted by Crippen LogP contribution is -2.41. The Labute approximate surface area is 206 Å². The number of ketones is 1. The van der Waals surface area contributed by atoms with Crippen LogP contribution in [0.5, 0.6) is 0 Å². The number of aryl methyl sites for hydroxylation is 1. The molecule has 4 rings (SSSR count). The van der Waals surface area contributed by atoms with E-state index >= 15 is 0 Å². The van der Waals surface area contributed by atoms with Crippen molar-refractivity contribution in [3.63, 3.8) is 0 Å². The minimum atomic E-state index is -3.67. The summed E-state index contributed by atoms with van der Waals surface area (Å²) in [6, 6.07) is 14.3. The molecule has 2 aromatic carbocycles. The van der Waals surface area contributed by atoms with Crippen molar-refractivity contribution in [2.24, 2.45) is 0 Å². The summed E-state index contributed by atoms with van der Waals surface area (Å²) in [4.78, 5) is 16.6. The van der Waals surface area contributed by atoms with Crippen molar-refractivity contribution in [1.29, 1.82) is 0 Å². The third-order valence-corrected chi connectivity index (χ3v) is 6.37. The fourth-order valence-corrected chi connectivity index (χ4v) is 4.77. The van der Waals surface area contributed by atoms with Crippen molar-refractivity contribution in [3.8, 4) is 0 Å². The van der Waals surface area contributed by atoms with Crippen LogP contribution >= 0.6 is 11.6 Å². The van der Waals surface area contributed by atoms with Gasteiger partial charge in [0.1, 0.15) is 0 Å². The number of hydrogen-bond donors (Lipinski definition) is 3. The maximum atomic E-state index is 13.0. The van der Waals surface area contributed by atoms with E-state index in [-0.39, 0.29) is 5.78 Å². The number of halogens is 1. The molecule has 3 aromatic rings. The van der Waals surface area contributed by atoms with Crippen molar-refractivity contribution >= 4 is 38.4 Å². The van der Waals surface area contributed by atoms with E-state index in [4.69, 9.17) is 16.2 Å². The summed E-state index contributed by atoms with van der Waals surface area (Å²) in [5.74, 6) is 0.0174. The first-order valence-corrected chi connectivity index (χ1v) is 13.9. The van der Waals surface area contributed by atoms with Crippen LogP contribution in [-0.2, 0) is 23.0 Å². The Morgan fingerprint density at radius 2 is 1.91 bits per heavy atom. The van der Waals surface area contributed by atoms with E-state index in [0.717, 1.165) is 24.8 Å². The molecule has 0 radical (unpaired) electrons. The number of nitrogens with one attached hydrogen (secondary N) is 2. The fourth-order valence-electron chi connectivity index (χ4n) is 4.58. The number of rotatable bonds is 7. The highest BCUT2D eigenvalue weighted by molar-refractivity contribution is 7.85. The predicted octanol–water partition coefficient (Wildman–Crippen LogP) is 5.58. The zero-order valence-electron chi connectivity index (χ0n) is 19.9. The van der Waals surface area contributed by atoms with Gasteiger partial charge in [0.25, 0.3) is 10.1 Å². The molecule has 3 N–H and O–H groups in total. The normalized spacial score (nSPS) is 16.4. The van der Waals surface area contributed by atoms with Gasteiger partial charge in [0, 0.05) is 44.8 Å². The van der Waals surface area contributed by atoms with Crippen molar-refractivity contribution in [2.45, 2.75) is 64.5 Å². The summed E-state index contributed by atoms with van der Waals surface area (Å²) in [6.07, 6.45) is 7.56.